The number of hydrogen-bond acceptors (Lipinski definition) is 2. The van der Waals surface area contributed by atoms with Crippen LogP contribution in [0.5, 0.6) is 0 Å². The van der Waals surface area contributed by atoms with Crippen molar-refractivity contribution in [1.29, 1.82) is 0 Å². The van der Waals surface area contributed by atoms with Gasteiger partial charge in [0.2, 0.25) is 0 Å². The highest BCUT2D eigenvalue weighted by molar-refractivity contribution is 9.10. The summed E-state index contributed by atoms with van der Waals surface area (Å²) < 4.78 is 1.10. The molecular formula is C12H15BrOS. The summed E-state index contributed by atoms with van der Waals surface area (Å²) in [6.45, 7) is 2.10. The highest BCUT2D eigenvalue weighted by atomic mass is 79.9. The molecule has 1 N–H and O–H groups in total. The van der Waals surface area contributed by atoms with E-state index in [2.05, 4.69) is 28.9 Å². The van der Waals surface area contributed by atoms with Crippen molar-refractivity contribution in [3.8, 4) is 0 Å². The second-order valence-corrected chi connectivity index (χ2v) is 7.14. The highest BCUT2D eigenvalue weighted by Gasteiger charge is 2.48. The van der Waals surface area contributed by atoms with Crippen LogP contribution in [-0.2, 0) is 0 Å². The molecule has 2 aliphatic rings. The number of fused-ring (bicyclic) bond motifs is 1. The van der Waals surface area contributed by atoms with Crippen LogP contribution >= 0.6 is 27.3 Å². The van der Waals surface area contributed by atoms with E-state index >= 15 is 0 Å². The summed E-state index contributed by atoms with van der Waals surface area (Å²) in [6.07, 6.45) is 3.68. The lowest BCUT2D eigenvalue weighted by Gasteiger charge is -2.18. The fourth-order valence-electron chi connectivity index (χ4n) is 2.94. The minimum absolute atomic E-state index is 0.231. The summed E-state index contributed by atoms with van der Waals surface area (Å²) >= 11 is 5.27. The zero-order valence-electron chi connectivity index (χ0n) is 8.74. The van der Waals surface area contributed by atoms with Crippen LogP contribution in [0.15, 0.2) is 10.5 Å². The average Bonchev–Trinajstić information content (AvgIpc) is 2.65. The highest BCUT2D eigenvalue weighted by Crippen LogP contribution is 2.57. The molecular weight excluding hydrogens is 272 g/mol. The standard InChI is InChI=1S/C12H15BrOS/c1-6-2-10(13)12(15-6)11(14)9-4-7-3-8(7)5-9/h2,7-9,11,14H,3-5H2,1H3. The van der Waals surface area contributed by atoms with Crippen molar-refractivity contribution in [3.63, 3.8) is 0 Å². The third-order valence-electron chi connectivity index (χ3n) is 3.83. The molecule has 0 aromatic carbocycles. The molecule has 2 saturated carbocycles. The molecule has 0 bridgehead atoms. The van der Waals surface area contributed by atoms with Gasteiger partial charge < -0.3 is 5.11 Å². The van der Waals surface area contributed by atoms with Crippen LogP contribution < -0.4 is 0 Å². The molecule has 0 saturated heterocycles. The lowest BCUT2D eigenvalue weighted by Crippen LogP contribution is -2.09. The van der Waals surface area contributed by atoms with Gasteiger partial charge in [0, 0.05) is 14.2 Å². The second kappa shape index (κ2) is 3.57. The molecule has 1 nitrogen and oxygen atoms in total. The van der Waals surface area contributed by atoms with Gasteiger partial charge in [0.05, 0.1) is 6.10 Å². The van der Waals surface area contributed by atoms with Gasteiger partial charge in [0.25, 0.3) is 0 Å². The van der Waals surface area contributed by atoms with Crippen molar-refractivity contribution in [2.24, 2.45) is 17.8 Å². The van der Waals surface area contributed by atoms with Crippen molar-refractivity contribution in [2.45, 2.75) is 32.3 Å². The van der Waals surface area contributed by atoms with Gasteiger partial charge in [-0.3, -0.25) is 0 Å². The average molecular weight is 287 g/mol. The Bertz CT molecular complexity index is 377. The van der Waals surface area contributed by atoms with Crippen LogP contribution in [0.4, 0.5) is 0 Å². The van der Waals surface area contributed by atoms with E-state index in [0.717, 1.165) is 21.2 Å². The number of thiophene rings is 1. The van der Waals surface area contributed by atoms with Gasteiger partial charge in [0.1, 0.15) is 0 Å². The molecule has 3 atom stereocenters. The van der Waals surface area contributed by atoms with Crippen molar-refractivity contribution in [2.75, 3.05) is 0 Å². The minimum Gasteiger partial charge on any atom is -0.387 e. The van der Waals surface area contributed by atoms with Gasteiger partial charge in [0.15, 0.2) is 0 Å². The van der Waals surface area contributed by atoms with Crippen molar-refractivity contribution < 1.29 is 5.11 Å². The maximum atomic E-state index is 10.3. The first-order valence-corrected chi connectivity index (χ1v) is 7.20. The molecule has 3 rings (SSSR count). The molecule has 15 heavy (non-hydrogen) atoms. The first-order valence-electron chi connectivity index (χ1n) is 5.59. The van der Waals surface area contributed by atoms with E-state index < -0.39 is 0 Å². The summed E-state index contributed by atoms with van der Waals surface area (Å²) in [7, 11) is 0. The molecule has 0 spiro atoms. The number of aliphatic hydroxyl groups is 1. The summed E-state index contributed by atoms with van der Waals surface area (Å²) in [5.74, 6) is 2.41. The van der Waals surface area contributed by atoms with Gasteiger partial charge >= 0.3 is 0 Å². The molecule has 3 unspecified atom stereocenters. The summed E-state index contributed by atoms with van der Waals surface area (Å²) in [4.78, 5) is 2.41. The van der Waals surface area contributed by atoms with E-state index in [1.165, 1.54) is 24.1 Å². The Morgan fingerprint density at radius 1 is 1.40 bits per heavy atom. The minimum atomic E-state index is -0.231. The predicted octanol–water partition coefficient (Wildman–Crippen LogP) is 3.90. The first kappa shape index (κ1) is 10.3. The monoisotopic (exact) mass is 286 g/mol. The van der Waals surface area contributed by atoms with E-state index in [1.54, 1.807) is 11.3 Å². The Morgan fingerprint density at radius 3 is 2.60 bits per heavy atom. The van der Waals surface area contributed by atoms with Crippen molar-refractivity contribution >= 4 is 27.3 Å². The molecule has 1 aromatic rings. The third kappa shape index (κ3) is 1.79. The topological polar surface area (TPSA) is 20.2 Å². The fourth-order valence-corrected chi connectivity index (χ4v) is 4.90. The number of hydrogen-bond donors (Lipinski definition) is 1. The molecule has 1 heterocycles. The van der Waals surface area contributed by atoms with Gasteiger partial charge in [-0.1, -0.05) is 0 Å². The van der Waals surface area contributed by atoms with Gasteiger partial charge in [-0.25, -0.2) is 0 Å². The van der Waals surface area contributed by atoms with Crippen LogP contribution in [0.1, 0.15) is 35.1 Å². The van der Waals surface area contributed by atoms with Gasteiger partial charge in [-0.15, -0.1) is 11.3 Å². The Hall–Kier alpha value is 0.140. The smallest absolute Gasteiger partial charge is 0.0921 e. The van der Waals surface area contributed by atoms with Crippen molar-refractivity contribution in [1.82, 2.24) is 0 Å². The molecule has 3 heteroatoms. The number of rotatable bonds is 2. The number of halogens is 1. The van der Waals surface area contributed by atoms with E-state index in [-0.39, 0.29) is 6.10 Å². The summed E-state index contributed by atoms with van der Waals surface area (Å²) in [5.41, 5.74) is 0. The largest absolute Gasteiger partial charge is 0.387 e. The molecule has 82 valence electrons. The SMILES string of the molecule is Cc1cc(Br)c(C(O)C2CC3CC3C2)s1. The van der Waals surface area contributed by atoms with Gasteiger partial charge in [-0.2, -0.15) is 0 Å². The Balaban J connectivity index is 1.78. The predicted molar refractivity (Wildman–Crippen MR) is 66.0 cm³/mol. The zero-order chi connectivity index (χ0) is 10.6. The summed E-state index contributed by atoms with van der Waals surface area (Å²) in [6, 6.07) is 2.11. The van der Waals surface area contributed by atoms with Crippen molar-refractivity contribution in [3.05, 3.63) is 20.3 Å². The van der Waals surface area contributed by atoms with E-state index in [1.807, 2.05) is 0 Å². The number of aryl methyl sites for hydroxylation is 1. The molecule has 0 aliphatic heterocycles. The molecule has 0 radical (unpaired) electrons. The quantitative estimate of drug-likeness (QED) is 0.874. The van der Waals surface area contributed by atoms with Crippen LogP contribution in [0.2, 0.25) is 0 Å². The Kier molecular flexibility index (Phi) is 2.45. The Morgan fingerprint density at radius 2 is 2.07 bits per heavy atom. The first-order chi connectivity index (χ1) is 7.15. The van der Waals surface area contributed by atoms with E-state index in [0.29, 0.717) is 5.92 Å². The van der Waals surface area contributed by atoms with Crippen LogP contribution in [0.25, 0.3) is 0 Å². The second-order valence-electron chi connectivity index (χ2n) is 5.00. The fraction of sp³-hybridized carbons (Fsp3) is 0.667. The van der Waals surface area contributed by atoms with Crippen LogP contribution in [-0.4, -0.2) is 5.11 Å². The Labute approximate surface area is 103 Å². The van der Waals surface area contributed by atoms with Gasteiger partial charge in [-0.05, 0) is 65.9 Å². The molecule has 1 aromatic heterocycles. The van der Waals surface area contributed by atoms with Crippen LogP contribution in [0, 0.1) is 24.7 Å². The molecule has 0 amide bonds. The zero-order valence-corrected chi connectivity index (χ0v) is 11.1. The molecule has 2 fully saturated rings. The van der Waals surface area contributed by atoms with E-state index in [9.17, 15) is 5.11 Å². The van der Waals surface area contributed by atoms with Crippen LogP contribution in [0.3, 0.4) is 0 Å². The lowest BCUT2D eigenvalue weighted by molar-refractivity contribution is 0.107. The maximum absolute atomic E-state index is 10.3. The third-order valence-corrected chi connectivity index (χ3v) is 5.87. The summed E-state index contributed by atoms with van der Waals surface area (Å²) in [5, 5.41) is 10.3. The normalized spacial score (nSPS) is 35.3. The van der Waals surface area contributed by atoms with E-state index in [4.69, 9.17) is 0 Å². The molecule has 2 aliphatic carbocycles. The number of aliphatic hydroxyl groups excluding tert-OH is 1. The maximum Gasteiger partial charge on any atom is 0.0921 e. The lowest BCUT2D eigenvalue weighted by atomic mass is 9.96.